The molecule has 0 radical (unpaired) electrons. The zero-order valence-electron chi connectivity index (χ0n) is 26.6. The maximum atomic E-state index is 14.1. The van der Waals surface area contributed by atoms with E-state index in [1.165, 1.54) is 46.1 Å². The van der Waals surface area contributed by atoms with Crippen molar-refractivity contribution >= 4 is 46.2 Å². The predicted molar refractivity (Wildman–Crippen MR) is 175 cm³/mol. The minimum atomic E-state index is -2.87. The summed E-state index contributed by atoms with van der Waals surface area (Å²) in [5.41, 5.74) is 7.82. The van der Waals surface area contributed by atoms with Gasteiger partial charge in [0.25, 0.3) is 12.3 Å². The van der Waals surface area contributed by atoms with Gasteiger partial charge in [-0.05, 0) is 67.4 Å². The Hall–Kier alpha value is -6.52. The zero-order valence-corrected chi connectivity index (χ0v) is 26.6. The standard InChI is InChI=1S/C34H28F3N7O7/c1-16-8-19(51-27-5-3-2-4-21(27)35)6-7-24(16)44-31(38)20(13-39-44)30(45)23-9-17-10-28(50-15-29(36)37)25(12-22(17)41-23)43-32(46)26-11-18(40-33(47)48)14-42(26)34(43)49/h2-10,12-13,18,26,29,40-41H,11,14-15,38H2,1H3,(H,47,48)/t18-,26+/m1/s1. The van der Waals surface area contributed by atoms with Crippen LogP contribution in [0.2, 0.25) is 0 Å². The molecule has 3 aromatic carbocycles. The average molecular weight is 704 g/mol. The SMILES string of the molecule is Cc1cc(Oc2ccccc2F)ccc1-n1ncc(C(=O)c2cc3cc(OCC(F)F)c(N4C(=O)[C@@H]5C[C@@H](NC(=O)O)CN5C4=O)cc3[nH]2)c1N. The number of ketones is 1. The van der Waals surface area contributed by atoms with Gasteiger partial charge in [-0.3, -0.25) is 9.59 Å². The molecular weight excluding hydrogens is 675 g/mol. The van der Waals surface area contributed by atoms with Crippen LogP contribution in [-0.2, 0) is 4.79 Å². The summed E-state index contributed by atoms with van der Waals surface area (Å²) in [6.07, 6.45) is -2.85. The first kappa shape index (κ1) is 33.0. The number of aromatic nitrogens is 3. The number of nitrogens with two attached hydrogens (primary N) is 1. The number of amides is 4. The van der Waals surface area contributed by atoms with Gasteiger partial charge in [-0.2, -0.15) is 5.10 Å². The molecule has 262 valence electrons. The van der Waals surface area contributed by atoms with Crippen molar-refractivity contribution in [3.05, 3.63) is 89.5 Å². The monoisotopic (exact) mass is 703 g/mol. The molecule has 14 nitrogen and oxygen atoms in total. The molecule has 2 fully saturated rings. The van der Waals surface area contributed by atoms with Gasteiger partial charge < -0.3 is 35.5 Å². The lowest BCUT2D eigenvalue weighted by atomic mass is 10.1. The summed E-state index contributed by atoms with van der Waals surface area (Å²) < 4.78 is 52.9. The van der Waals surface area contributed by atoms with E-state index in [9.17, 15) is 32.3 Å². The van der Waals surface area contributed by atoms with Crippen molar-refractivity contribution in [2.75, 3.05) is 23.8 Å². The van der Waals surface area contributed by atoms with E-state index >= 15 is 0 Å². The molecule has 0 aliphatic carbocycles. The number of hydrogen-bond donors (Lipinski definition) is 4. The maximum absolute atomic E-state index is 14.1. The number of aromatic amines is 1. The molecule has 2 aromatic heterocycles. The van der Waals surface area contributed by atoms with Gasteiger partial charge >= 0.3 is 12.1 Å². The number of carboxylic acid groups (broad SMARTS) is 1. The summed E-state index contributed by atoms with van der Waals surface area (Å²) in [6, 6.07) is 12.6. The summed E-state index contributed by atoms with van der Waals surface area (Å²) in [5, 5.41) is 16.0. The number of urea groups is 1. The molecule has 5 aromatic rings. The van der Waals surface area contributed by atoms with E-state index in [4.69, 9.17) is 20.3 Å². The Balaban J connectivity index is 1.17. The van der Waals surface area contributed by atoms with Crippen LogP contribution in [0.25, 0.3) is 16.6 Å². The van der Waals surface area contributed by atoms with Crippen LogP contribution in [0.4, 0.5) is 34.3 Å². The van der Waals surface area contributed by atoms with Crippen LogP contribution in [0.5, 0.6) is 17.2 Å². The van der Waals surface area contributed by atoms with Crippen LogP contribution in [-0.4, -0.2) is 80.2 Å². The molecule has 7 rings (SSSR count). The molecule has 5 N–H and O–H groups in total. The normalized spacial score (nSPS) is 17.0. The Bertz CT molecular complexity index is 2210. The van der Waals surface area contributed by atoms with Crippen molar-refractivity contribution in [1.82, 2.24) is 25.0 Å². The molecule has 51 heavy (non-hydrogen) atoms. The molecule has 0 unspecified atom stereocenters. The number of nitrogens with zero attached hydrogens (tertiary/aromatic N) is 4. The highest BCUT2D eigenvalue weighted by molar-refractivity contribution is 6.23. The number of alkyl halides is 2. The second-order valence-corrected chi connectivity index (χ2v) is 12.0. The quantitative estimate of drug-likeness (QED) is 0.112. The van der Waals surface area contributed by atoms with Crippen molar-refractivity contribution in [2.24, 2.45) is 0 Å². The molecule has 0 spiro atoms. The van der Waals surface area contributed by atoms with E-state index < -0.39 is 54.7 Å². The topological polar surface area (TPSA) is 185 Å². The lowest BCUT2D eigenvalue weighted by molar-refractivity contribution is -0.119. The molecule has 17 heteroatoms. The Labute approximate surface area is 286 Å². The summed E-state index contributed by atoms with van der Waals surface area (Å²) in [6.45, 7) is 0.670. The third kappa shape index (κ3) is 6.02. The third-order valence-electron chi connectivity index (χ3n) is 8.63. The van der Waals surface area contributed by atoms with E-state index in [0.29, 0.717) is 22.4 Å². The summed E-state index contributed by atoms with van der Waals surface area (Å²) in [4.78, 5) is 56.6. The third-order valence-corrected chi connectivity index (χ3v) is 8.63. The average Bonchev–Trinajstić information content (AvgIpc) is 3.84. The number of nitrogens with one attached hydrogen (secondary N) is 2. The Morgan fingerprint density at radius 3 is 2.59 bits per heavy atom. The molecule has 2 saturated heterocycles. The highest BCUT2D eigenvalue weighted by atomic mass is 19.3. The summed E-state index contributed by atoms with van der Waals surface area (Å²) >= 11 is 0. The number of carbonyl (C=O) groups is 4. The molecule has 2 aliphatic heterocycles. The number of halogens is 3. The van der Waals surface area contributed by atoms with Crippen molar-refractivity contribution in [3.8, 4) is 22.9 Å². The number of imide groups is 1. The number of benzene rings is 3. The number of rotatable bonds is 10. The van der Waals surface area contributed by atoms with Gasteiger partial charge in [-0.25, -0.2) is 32.3 Å². The van der Waals surface area contributed by atoms with E-state index in [-0.39, 0.29) is 52.7 Å². The van der Waals surface area contributed by atoms with Crippen LogP contribution in [0.3, 0.4) is 0 Å². The molecule has 4 amide bonds. The van der Waals surface area contributed by atoms with E-state index in [1.807, 2.05) is 0 Å². The van der Waals surface area contributed by atoms with Gasteiger partial charge in [0.1, 0.15) is 30.0 Å². The minimum Gasteiger partial charge on any atom is -0.485 e. The largest absolute Gasteiger partial charge is 0.485 e. The van der Waals surface area contributed by atoms with E-state index in [2.05, 4.69) is 15.4 Å². The smallest absolute Gasteiger partial charge is 0.404 e. The number of ether oxygens (including phenoxy) is 2. The molecule has 0 bridgehead atoms. The molecule has 4 heterocycles. The molecule has 2 aliphatic rings. The first-order valence-corrected chi connectivity index (χ1v) is 15.5. The molecule has 2 atom stereocenters. The van der Waals surface area contributed by atoms with Crippen LogP contribution < -0.4 is 25.4 Å². The fraction of sp³-hybridized carbons (Fsp3) is 0.206. The van der Waals surface area contributed by atoms with Crippen molar-refractivity contribution in [1.29, 1.82) is 0 Å². The number of anilines is 2. The Morgan fingerprint density at radius 2 is 1.88 bits per heavy atom. The van der Waals surface area contributed by atoms with Gasteiger partial charge in [-0.1, -0.05) is 12.1 Å². The predicted octanol–water partition coefficient (Wildman–Crippen LogP) is 5.23. The second kappa shape index (κ2) is 12.7. The summed E-state index contributed by atoms with van der Waals surface area (Å²) in [7, 11) is 0. The van der Waals surface area contributed by atoms with Crippen molar-refractivity contribution < 1.29 is 46.9 Å². The molecular formula is C34H28F3N7O7. The van der Waals surface area contributed by atoms with Crippen LogP contribution in [0, 0.1) is 12.7 Å². The van der Waals surface area contributed by atoms with Gasteiger partial charge in [0.05, 0.1) is 34.9 Å². The number of fused-ring (bicyclic) bond motifs is 2. The fourth-order valence-electron chi connectivity index (χ4n) is 6.32. The van der Waals surface area contributed by atoms with Crippen molar-refractivity contribution in [2.45, 2.75) is 31.9 Å². The van der Waals surface area contributed by atoms with Crippen LogP contribution >= 0.6 is 0 Å². The van der Waals surface area contributed by atoms with Gasteiger partial charge in [0.2, 0.25) is 5.78 Å². The number of nitrogen functional groups attached to an aromatic ring is 1. The van der Waals surface area contributed by atoms with Crippen LogP contribution in [0.1, 0.15) is 28.0 Å². The lowest BCUT2D eigenvalue weighted by Crippen LogP contribution is -2.40. The Kier molecular flexibility index (Phi) is 8.24. The number of hydrogen-bond acceptors (Lipinski definition) is 8. The van der Waals surface area contributed by atoms with Crippen molar-refractivity contribution in [3.63, 3.8) is 0 Å². The first-order chi connectivity index (χ1) is 24.4. The van der Waals surface area contributed by atoms with E-state index in [1.54, 1.807) is 37.3 Å². The highest BCUT2D eigenvalue weighted by Gasteiger charge is 2.52. The number of para-hydroxylation sites is 1. The minimum absolute atomic E-state index is 0.00992. The number of aryl methyl sites for hydroxylation is 1. The molecule has 0 saturated carbocycles. The maximum Gasteiger partial charge on any atom is 0.404 e. The van der Waals surface area contributed by atoms with Gasteiger partial charge in [0.15, 0.2) is 11.6 Å². The number of carbonyl (C=O) groups excluding carboxylic acids is 3. The highest BCUT2D eigenvalue weighted by Crippen LogP contribution is 2.40. The zero-order chi connectivity index (χ0) is 36.1. The second-order valence-electron chi connectivity index (χ2n) is 12.0. The fourth-order valence-corrected chi connectivity index (χ4v) is 6.32. The Morgan fingerprint density at radius 1 is 1.10 bits per heavy atom. The van der Waals surface area contributed by atoms with Gasteiger partial charge in [-0.15, -0.1) is 0 Å². The van der Waals surface area contributed by atoms with Gasteiger partial charge in [0, 0.05) is 17.4 Å². The van der Waals surface area contributed by atoms with Crippen LogP contribution in [0.15, 0.2) is 66.9 Å². The first-order valence-electron chi connectivity index (χ1n) is 15.5. The van der Waals surface area contributed by atoms with E-state index in [0.717, 1.165) is 4.90 Å². The lowest BCUT2D eigenvalue weighted by Gasteiger charge is -2.20. The summed E-state index contributed by atoms with van der Waals surface area (Å²) in [5.74, 6) is -1.53. The number of H-pyrrole nitrogens is 1.